The molecule has 108 valence electrons. The van der Waals surface area contributed by atoms with E-state index in [2.05, 4.69) is 6.92 Å². The highest BCUT2D eigenvalue weighted by atomic mass is 16.7. The molecule has 5 nitrogen and oxygen atoms in total. The molecule has 0 aromatic rings. The molecule has 2 aliphatic heterocycles. The Morgan fingerprint density at radius 2 is 2.05 bits per heavy atom. The van der Waals surface area contributed by atoms with Crippen LogP contribution >= 0.6 is 0 Å². The van der Waals surface area contributed by atoms with Crippen molar-refractivity contribution in [2.45, 2.75) is 51.4 Å². The molecule has 2 aliphatic carbocycles. The molecule has 0 spiro atoms. The predicted octanol–water partition coefficient (Wildman–Crippen LogP) is 1.30. The maximum Gasteiger partial charge on any atom is 0.336 e. The van der Waals surface area contributed by atoms with E-state index < -0.39 is 17.9 Å². The fourth-order valence-corrected chi connectivity index (χ4v) is 4.84. The Labute approximate surface area is 116 Å². The van der Waals surface area contributed by atoms with Crippen LogP contribution in [0.1, 0.15) is 39.5 Å². The van der Waals surface area contributed by atoms with Crippen molar-refractivity contribution < 1.29 is 24.2 Å². The number of esters is 2. The number of hydrogen-bond acceptors (Lipinski definition) is 5. The van der Waals surface area contributed by atoms with E-state index >= 15 is 0 Å². The van der Waals surface area contributed by atoms with Crippen LogP contribution in [0.4, 0.5) is 0 Å². The van der Waals surface area contributed by atoms with Crippen molar-refractivity contribution >= 4 is 11.9 Å². The van der Waals surface area contributed by atoms with Gasteiger partial charge in [-0.1, -0.05) is 13.3 Å². The summed E-state index contributed by atoms with van der Waals surface area (Å²) in [4.78, 5) is 24.0. The molecule has 1 N–H and O–H groups in total. The largest absolute Gasteiger partial charge is 0.457 e. The van der Waals surface area contributed by atoms with E-state index in [-0.39, 0.29) is 23.2 Å². The number of rotatable bonds is 0. The fourth-order valence-electron chi connectivity index (χ4n) is 4.84. The zero-order chi connectivity index (χ0) is 14.3. The molecule has 1 saturated heterocycles. The van der Waals surface area contributed by atoms with Crippen molar-refractivity contribution in [1.82, 2.24) is 0 Å². The highest BCUT2D eigenvalue weighted by molar-refractivity contribution is 5.93. The van der Waals surface area contributed by atoms with Gasteiger partial charge in [-0.15, -0.1) is 0 Å². The second kappa shape index (κ2) is 3.45. The van der Waals surface area contributed by atoms with Crippen molar-refractivity contribution in [2.24, 2.45) is 17.3 Å². The van der Waals surface area contributed by atoms with Crippen LogP contribution in [-0.2, 0) is 19.1 Å². The van der Waals surface area contributed by atoms with E-state index in [4.69, 9.17) is 9.47 Å². The van der Waals surface area contributed by atoms with E-state index in [1.165, 1.54) is 0 Å². The normalized spacial score (nSPS) is 49.6. The minimum Gasteiger partial charge on any atom is -0.457 e. The molecule has 2 unspecified atom stereocenters. The van der Waals surface area contributed by atoms with Gasteiger partial charge in [0.1, 0.15) is 6.10 Å². The maximum atomic E-state index is 12.2. The van der Waals surface area contributed by atoms with Crippen LogP contribution in [0.25, 0.3) is 0 Å². The molecule has 0 bridgehead atoms. The van der Waals surface area contributed by atoms with Gasteiger partial charge < -0.3 is 14.6 Å². The van der Waals surface area contributed by atoms with Gasteiger partial charge in [0.15, 0.2) is 0 Å². The molecule has 2 saturated carbocycles. The molecule has 5 heteroatoms. The van der Waals surface area contributed by atoms with Gasteiger partial charge in [0.05, 0.1) is 11.5 Å². The molecule has 5 atom stereocenters. The Balaban J connectivity index is 1.91. The smallest absolute Gasteiger partial charge is 0.336 e. The zero-order valence-electron chi connectivity index (χ0n) is 11.6. The average Bonchev–Trinajstić information content (AvgIpc) is 2.75. The van der Waals surface area contributed by atoms with Crippen LogP contribution < -0.4 is 0 Å². The van der Waals surface area contributed by atoms with Crippen LogP contribution in [0, 0.1) is 17.3 Å². The summed E-state index contributed by atoms with van der Waals surface area (Å²) < 4.78 is 10.8. The van der Waals surface area contributed by atoms with E-state index in [0.29, 0.717) is 17.6 Å². The summed E-state index contributed by atoms with van der Waals surface area (Å²) in [5.41, 5.74) is 0.571. The van der Waals surface area contributed by atoms with Crippen LogP contribution in [-0.4, -0.2) is 28.9 Å². The Bertz CT molecular complexity index is 565. The lowest BCUT2D eigenvalue weighted by molar-refractivity contribution is -0.210. The van der Waals surface area contributed by atoms with Crippen LogP contribution in [0.3, 0.4) is 0 Å². The van der Waals surface area contributed by atoms with Gasteiger partial charge in [0.25, 0.3) is 0 Å². The number of ether oxygens (including phenoxy) is 2. The topological polar surface area (TPSA) is 72.8 Å². The minimum atomic E-state index is -1.57. The summed E-state index contributed by atoms with van der Waals surface area (Å²) in [7, 11) is 0. The van der Waals surface area contributed by atoms with Crippen molar-refractivity contribution in [2.75, 3.05) is 0 Å². The van der Waals surface area contributed by atoms with Crippen molar-refractivity contribution in [1.29, 1.82) is 0 Å². The molecule has 3 fully saturated rings. The SMILES string of the molecule is CC1=C2[C@@H]3OC(=O)[C@H]4CCCC(C[C@]2(O)OC1=O)C43C. The summed E-state index contributed by atoms with van der Waals surface area (Å²) in [6.45, 7) is 3.71. The Morgan fingerprint density at radius 3 is 2.80 bits per heavy atom. The Kier molecular flexibility index (Phi) is 2.14. The lowest BCUT2D eigenvalue weighted by Crippen LogP contribution is -2.55. The highest BCUT2D eigenvalue weighted by Gasteiger charge is 2.69. The van der Waals surface area contributed by atoms with E-state index in [9.17, 15) is 14.7 Å². The second-order valence-electron chi connectivity index (χ2n) is 6.78. The molecule has 0 radical (unpaired) electrons. The van der Waals surface area contributed by atoms with Gasteiger partial charge in [0, 0.05) is 17.4 Å². The molecule has 0 aromatic carbocycles. The lowest BCUT2D eigenvalue weighted by Gasteiger charge is -2.51. The monoisotopic (exact) mass is 278 g/mol. The first-order valence-electron chi connectivity index (χ1n) is 7.25. The molecule has 4 rings (SSSR count). The third-order valence-corrected chi connectivity index (χ3v) is 5.94. The van der Waals surface area contributed by atoms with E-state index in [1.54, 1.807) is 6.92 Å². The average molecular weight is 278 g/mol. The lowest BCUT2D eigenvalue weighted by atomic mass is 9.53. The predicted molar refractivity (Wildman–Crippen MR) is 67.2 cm³/mol. The van der Waals surface area contributed by atoms with Gasteiger partial charge in [-0.2, -0.15) is 0 Å². The fraction of sp³-hybridized carbons (Fsp3) is 0.733. The van der Waals surface area contributed by atoms with Gasteiger partial charge in [-0.3, -0.25) is 4.79 Å². The molecule has 0 aromatic heterocycles. The molecule has 4 aliphatic rings. The number of carbonyl (C=O) groups is 2. The van der Waals surface area contributed by atoms with Gasteiger partial charge in [-0.05, 0) is 25.7 Å². The number of hydrogen-bond donors (Lipinski definition) is 1. The minimum absolute atomic E-state index is 0.119. The van der Waals surface area contributed by atoms with Gasteiger partial charge in [-0.25, -0.2) is 4.79 Å². The Hall–Kier alpha value is -1.36. The summed E-state index contributed by atoms with van der Waals surface area (Å²) in [6.07, 6.45) is 2.59. The van der Waals surface area contributed by atoms with E-state index in [0.717, 1.165) is 19.3 Å². The summed E-state index contributed by atoms with van der Waals surface area (Å²) in [5.74, 6) is -2.23. The third-order valence-electron chi connectivity index (χ3n) is 5.94. The summed E-state index contributed by atoms with van der Waals surface area (Å²) >= 11 is 0. The summed E-state index contributed by atoms with van der Waals surface area (Å²) in [6, 6.07) is 0. The number of fused-ring (bicyclic) bond motifs is 2. The van der Waals surface area contributed by atoms with E-state index in [1.807, 2.05) is 0 Å². The molecule has 20 heavy (non-hydrogen) atoms. The highest BCUT2D eigenvalue weighted by Crippen LogP contribution is 2.63. The number of aliphatic hydroxyl groups is 1. The van der Waals surface area contributed by atoms with Crippen molar-refractivity contribution in [3.05, 3.63) is 11.1 Å². The molecule has 0 amide bonds. The molecule has 2 heterocycles. The quantitative estimate of drug-likeness (QED) is 0.676. The first-order chi connectivity index (χ1) is 9.38. The van der Waals surface area contributed by atoms with Gasteiger partial charge >= 0.3 is 11.9 Å². The third kappa shape index (κ3) is 1.18. The Morgan fingerprint density at radius 1 is 1.30 bits per heavy atom. The second-order valence-corrected chi connectivity index (χ2v) is 6.78. The number of carbonyl (C=O) groups excluding carboxylic acids is 2. The van der Waals surface area contributed by atoms with Crippen LogP contribution in [0.2, 0.25) is 0 Å². The first kappa shape index (κ1) is 12.4. The summed E-state index contributed by atoms with van der Waals surface area (Å²) in [5, 5.41) is 10.7. The zero-order valence-corrected chi connectivity index (χ0v) is 11.6. The van der Waals surface area contributed by atoms with Crippen LogP contribution in [0.5, 0.6) is 0 Å². The maximum absolute atomic E-state index is 12.2. The first-order valence-corrected chi connectivity index (χ1v) is 7.25. The van der Waals surface area contributed by atoms with Crippen molar-refractivity contribution in [3.8, 4) is 0 Å². The van der Waals surface area contributed by atoms with Crippen molar-refractivity contribution in [3.63, 3.8) is 0 Å². The standard InChI is InChI=1S/C15H18O5/c1-7-10-11-14(2)8(6-15(10,18)20-12(7)16)4-3-5-9(14)13(17)19-11/h8-9,11,18H,3-6H2,1-2H3/t8?,9-,11+,14?,15+/m1/s1. The molecular weight excluding hydrogens is 260 g/mol. The van der Waals surface area contributed by atoms with Crippen LogP contribution in [0.15, 0.2) is 11.1 Å². The molecular formula is C15H18O5. The van der Waals surface area contributed by atoms with Gasteiger partial charge in [0.2, 0.25) is 5.79 Å².